The SMILES string of the molecule is COC(=O)c1c(O)cccc1OCCCCNC(=O)[C@H](Cc1ccc(C2CC(=O)[N+]([O-])([O-])S2)c(Br)c1)NC(=O)N1CCOCC1. The van der Waals surface area contributed by atoms with Crippen molar-refractivity contribution in [3.8, 4) is 11.5 Å². The molecule has 2 saturated heterocycles. The summed E-state index contributed by atoms with van der Waals surface area (Å²) in [7, 11) is 1.21. The summed E-state index contributed by atoms with van der Waals surface area (Å²) >= 11 is 3.94. The van der Waals surface area contributed by atoms with Crippen LogP contribution in [0.1, 0.15) is 46.0 Å². The number of nitrogens with one attached hydrogen (secondary N) is 2. The minimum Gasteiger partial charge on any atom is -0.612 e. The number of hydrogen-bond donors (Lipinski definition) is 3. The molecule has 2 atom stereocenters. The number of phenolic OH excluding ortho intramolecular Hbond substituents is 1. The van der Waals surface area contributed by atoms with Crippen molar-refractivity contribution in [2.24, 2.45) is 0 Å². The van der Waals surface area contributed by atoms with Crippen molar-refractivity contribution in [3.05, 3.63) is 68.0 Å². The third kappa shape index (κ3) is 9.08. The first-order chi connectivity index (χ1) is 21.5. The number of benzene rings is 2. The topological polar surface area (TPSA) is 190 Å². The van der Waals surface area contributed by atoms with Gasteiger partial charge in [0.1, 0.15) is 23.1 Å². The number of halogens is 1. The van der Waals surface area contributed by atoms with Crippen molar-refractivity contribution in [1.29, 1.82) is 0 Å². The van der Waals surface area contributed by atoms with Gasteiger partial charge in [0.2, 0.25) is 5.91 Å². The number of ether oxygens (including phenoxy) is 3. The predicted octanol–water partition coefficient (Wildman–Crippen LogP) is 3.30. The van der Waals surface area contributed by atoms with E-state index in [9.17, 15) is 34.7 Å². The highest BCUT2D eigenvalue weighted by Gasteiger charge is 2.39. The molecule has 2 fully saturated rings. The second kappa shape index (κ2) is 15.7. The smallest absolute Gasteiger partial charge is 0.345 e. The summed E-state index contributed by atoms with van der Waals surface area (Å²) in [5, 5.41) is 38.6. The van der Waals surface area contributed by atoms with Crippen LogP contribution < -0.4 is 15.4 Å². The zero-order valence-electron chi connectivity index (χ0n) is 24.5. The summed E-state index contributed by atoms with van der Waals surface area (Å²) in [6.45, 7) is 2.10. The molecule has 2 aromatic carbocycles. The number of phenols is 1. The molecule has 2 aliphatic rings. The van der Waals surface area contributed by atoms with Gasteiger partial charge in [0.05, 0.1) is 50.5 Å². The Kier molecular flexibility index (Phi) is 12.0. The van der Waals surface area contributed by atoms with Gasteiger partial charge in [-0.1, -0.05) is 34.1 Å². The molecule has 2 aliphatic heterocycles. The molecule has 1 unspecified atom stereocenters. The summed E-state index contributed by atoms with van der Waals surface area (Å²) in [5.41, 5.74) is 1.26. The van der Waals surface area contributed by atoms with Crippen LogP contribution in [-0.2, 0) is 25.5 Å². The van der Waals surface area contributed by atoms with Crippen LogP contribution in [-0.4, -0.2) is 90.6 Å². The fourth-order valence-electron chi connectivity index (χ4n) is 4.80. The molecule has 0 radical (unpaired) electrons. The average molecular weight is 711 g/mol. The van der Waals surface area contributed by atoms with Crippen molar-refractivity contribution in [1.82, 2.24) is 15.5 Å². The number of hydroxylamine groups is 2. The molecule has 0 aromatic heterocycles. The lowest BCUT2D eigenvalue weighted by atomic mass is 10.0. The zero-order valence-corrected chi connectivity index (χ0v) is 26.9. The maximum Gasteiger partial charge on any atom is 0.345 e. The molecule has 0 bridgehead atoms. The lowest BCUT2D eigenvalue weighted by molar-refractivity contribution is -0.593. The van der Waals surface area contributed by atoms with Gasteiger partial charge in [0, 0.05) is 30.5 Å². The number of amides is 4. The van der Waals surface area contributed by atoms with Gasteiger partial charge in [-0.2, -0.15) is 0 Å². The minimum atomic E-state index is -2.23. The fourth-order valence-corrected chi connectivity index (χ4v) is 6.72. The molecule has 2 aromatic rings. The number of morpholine rings is 1. The van der Waals surface area contributed by atoms with Crippen LogP contribution in [0.3, 0.4) is 0 Å². The Morgan fingerprint density at radius 2 is 1.96 bits per heavy atom. The second-order valence-electron chi connectivity index (χ2n) is 10.3. The summed E-state index contributed by atoms with van der Waals surface area (Å²) in [5.74, 6) is -2.12. The summed E-state index contributed by atoms with van der Waals surface area (Å²) < 4.78 is 14.0. The Morgan fingerprint density at radius 3 is 2.62 bits per heavy atom. The molecule has 45 heavy (non-hydrogen) atoms. The Balaban J connectivity index is 1.34. The number of rotatable bonds is 12. The van der Waals surface area contributed by atoms with E-state index < -0.39 is 39.3 Å². The van der Waals surface area contributed by atoms with Crippen molar-refractivity contribution >= 4 is 51.7 Å². The van der Waals surface area contributed by atoms with E-state index in [2.05, 4.69) is 26.6 Å². The van der Waals surface area contributed by atoms with E-state index >= 15 is 0 Å². The van der Waals surface area contributed by atoms with Gasteiger partial charge in [-0.05, 0) is 42.2 Å². The third-order valence-corrected chi connectivity index (χ3v) is 9.06. The maximum absolute atomic E-state index is 13.3. The molecule has 2 heterocycles. The van der Waals surface area contributed by atoms with E-state index in [1.807, 2.05) is 0 Å². The van der Waals surface area contributed by atoms with Crippen LogP contribution in [0.15, 0.2) is 40.9 Å². The molecule has 0 saturated carbocycles. The van der Waals surface area contributed by atoms with Crippen molar-refractivity contribution in [2.75, 3.05) is 46.6 Å². The van der Waals surface area contributed by atoms with Gasteiger partial charge in [0.15, 0.2) is 0 Å². The highest BCUT2D eigenvalue weighted by atomic mass is 79.9. The van der Waals surface area contributed by atoms with Gasteiger partial charge in [-0.3, -0.25) is 9.01 Å². The second-order valence-corrected chi connectivity index (χ2v) is 12.5. The Hall–Kier alpha value is -3.41. The lowest BCUT2D eigenvalue weighted by Crippen LogP contribution is -2.54. The third-order valence-electron chi connectivity index (χ3n) is 7.22. The minimum absolute atomic E-state index is 0.0644. The highest BCUT2D eigenvalue weighted by Crippen LogP contribution is 2.48. The van der Waals surface area contributed by atoms with E-state index in [0.717, 1.165) is 0 Å². The summed E-state index contributed by atoms with van der Waals surface area (Å²) in [4.78, 5) is 51.6. The van der Waals surface area contributed by atoms with Gasteiger partial charge < -0.3 is 45.3 Å². The largest absolute Gasteiger partial charge is 0.612 e. The number of methoxy groups -OCH3 is 1. The lowest BCUT2D eigenvalue weighted by Gasteiger charge is -2.36. The average Bonchev–Trinajstić information content (AvgIpc) is 3.29. The predicted molar refractivity (Wildman–Crippen MR) is 167 cm³/mol. The Bertz CT molecular complexity index is 1410. The number of unbranched alkanes of at least 4 members (excludes halogenated alkanes) is 1. The van der Waals surface area contributed by atoms with Gasteiger partial charge in [-0.15, -0.1) is 0 Å². The molecule has 4 amide bonds. The number of aromatic hydroxyl groups is 1. The first-order valence-electron chi connectivity index (χ1n) is 14.2. The van der Waals surface area contributed by atoms with Gasteiger partial charge in [-0.25, -0.2) is 14.4 Å². The van der Waals surface area contributed by atoms with Crippen LogP contribution in [0, 0.1) is 10.4 Å². The van der Waals surface area contributed by atoms with Crippen LogP contribution in [0.25, 0.3) is 0 Å². The number of quaternary nitrogens is 1. The van der Waals surface area contributed by atoms with Gasteiger partial charge in [0.25, 0.3) is 0 Å². The van der Waals surface area contributed by atoms with Crippen LogP contribution in [0.5, 0.6) is 11.5 Å². The Labute approximate surface area is 272 Å². The highest BCUT2D eigenvalue weighted by molar-refractivity contribution is 9.10. The first kappa shape index (κ1) is 34.5. The van der Waals surface area contributed by atoms with Gasteiger partial charge >= 0.3 is 17.9 Å². The molecule has 0 aliphatic carbocycles. The normalized spacial score (nSPS) is 18.3. The molecule has 4 rings (SSSR count). The molecule has 244 valence electrons. The van der Waals surface area contributed by atoms with E-state index in [4.69, 9.17) is 14.2 Å². The first-order valence-corrected chi connectivity index (χ1v) is 15.9. The number of hydrogen-bond acceptors (Lipinski definition) is 11. The van der Waals surface area contributed by atoms with Crippen LogP contribution in [0.2, 0.25) is 0 Å². The van der Waals surface area contributed by atoms with Crippen molar-refractivity contribution < 1.29 is 42.7 Å². The van der Waals surface area contributed by atoms with Crippen LogP contribution in [0.4, 0.5) is 4.79 Å². The fraction of sp³-hybridized carbons (Fsp3) is 0.448. The standard InChI is InChI=1S/C29H34BrN4O10S/c1-42-28(38)26-22(35)5-4-6-23(26)44-12-3-2-9-31-27(37)21(32-29(39)33-10-13-43-14-11-33)16-18-7-8-19(20(30)15-18)24-17-25(36)34(40,41)45-24/h4-8,15,21,24,35H,2-3,9-14,16-17H2,1H3,(H,31,37)(H,32,39)/q-1/t21-,24?/m0/s1. The Morgan fingerprint density at radius 1 is 1.20 bits per heavy atom. The maximum atomic E-state index is 13.3. The van der Waals surface area contributed by atoms with E-state index in [-0.39, 0.29) is 43.1 Å². The molecule has 3 N–H and O–H groups in total. The molecule has 14 nitrogen and oxygen atoms in total. The molecular weight excluding hydrogens is 676 g/mol. The quantitative estimate of drug-likeness (QED) is 0.0964. The van der Waals surface area contributed by atoms with Crippen LogP contribution >= 0.6 is 27.9 Å². The van der Waals surface area contributed by atoms with E-state index in [0.29, 0.717) is 66.7 Å². The van der Waals surface area contributed by atoms with Crippen molar-refractivity contribution in [2.45, 2.75) is 37.0 Å². The molecular formula is C29H34BrN4O10S-. The van der Waals surface area contributed by atoms with E-state index in [1.165, 1.54) is 13.2 Å². The zero-order chi connectivity index (χ0) is 32.6. The summed E-state index contributed by atoms with van der Waals surface area (Å²) in [6.07, 6.45) is 1.02. The number of esters is 1. The van der Waals surface area contributed by atoms with E-state index in [1.54, 1.807) is 35.2 Å². The molecule has 0 spiro atoms. The number of nitrogens with zero attached hydrogens (tertiary/aromatic N) is 2. The number of carbonyl (C=O) groups excluding carboxylic acids is 4. The number of carbonyl (C=O) groups is 4. The number of urea groups is 1. The van der Waals surface area contributed by atoms with Crippen molar-refractivity contribution in [3.63, 3.8) is 0 Å². The summed E-state index contributed by atoms with van der Waals surface area (Å²) in [6, 6.07) is 8.32. The molecule has 16 heteroatoms. The monoisotopic (exact) mass is 709 g/mol.